The third-order valence-corrected chi connectivity index (χ3v) is 7.21. The summed E-state index contributed by atoms with van der Waals surface area (Å²) < 4.78 is 5.27. The third kappa shape index (κ3) is 4.48. The number of aliphatic hydroxyl groups excluding tert-OH is 1. The van der Waals surface area contributed by atoms with E-state index in [0.717, 1.165) is 35.4 Å². The van der Waals surface area contributed by atoms with Crippen LogP contribution in [0.15, 0.2) is 65.9 Å². The van der Waals surface area contributed by atoms with Crippen LogP contribution in [0.25, 0.3) is 10.6 Å². The molecule has 34 heavy (non-hydrogen) atoms. The Morgan fingerprint density at radius 3 is 2.47 bits per heavy atom. The van der Waals surface area contributed by atoms with E-state index in [1.807, 2.05) is 42.5 Å². The number of Topliss-reactive ketones (excluding diaryl/α,β-unsaturated/α-hetero) is 1. The minimum Gasteiger partial charge on any atom is -0.503 e. The number of aryl methyl sites for hydroxylation is 1. The van der Waals surface area contributed by atoms with E-state index in [1.165, 1.54) is 11.3 Å². The van der Waals surface area contributed by atoms with E-state index in [1.54, 1.807) is 31.1 Å². The van der Waals surface area contributed by atoms with Gasteiger partial charge in [-0.1, -0.05) is 62.2 Å². The second-order valence-electron chi connectivity index (χ2n) is 8.27. The van der Waals surface area contributed by atoms with Gasteiger partial charge in [0.25, 0.3) is 5.91 Å². The largest absolute Gasteiger partial charge is 0.503 e. The van der Waals surface area contributed by atoms with Crippen LogP contribution in [0.3, 0.4) is 0 Å². The Labute approximate surface area is 203 Å². The zero-order valence-corrected chi connectivity index (χ0v) is 20.4. The third-order valence-electron chi connectivity index (χ3n) is 6.01. The molecule has 1 unspecified atom stereocenters. The second kappa shape index (κ2) is 10.2. The van der Waals surface area contributed by atoms with Gasteiger partial charge in [0, 0.05) is 12.1 Å². The predicted octanol–water partition coefficient (Wildman–Crippen LogP) is 5.90. The number of carbonyl (C=O) groups is 2. The molecule has 0 aliphatic carbocycles. The Morgan fingerprint density at radius 2 is 1.82 bits per heavy atom. The lowest BCUT2D eigenvalue weighted by atomic mass is 9.95. The Bertz CT molecular complexity index is 1220. The maximum atomic E-state index is 13.8. The van der Waals surface area contributed by atoms with Crippen molar-refractivity contribution in [2.75, 3.05) is 13.7 Å². The topological polar surface area (TPSA) is 79.7 Å². The van der Waals surface area contributed by atoms with Gasteiger partial charge in [-0.2, -0.15) is 0 Å². The number of amides is 1. The Morgan fingerprint density at radius 1 is 1.12 bits per heavy atom. The Kier molecular flexibility index (Phi) is 7.12. The molecule has 4 rings (SSSR count). The van der Waals surface area contributed by atoms with Crippen LogP contribution in [0.5, 0.6) is 5.75 Å². The second-order valence-corrected chi connectivity index (χ2v) is 9.27. The lowest BCUT2D eigenvalue weighted by Gasteiger charge is -2.27. The Hall–Kier alpha value is -3.45. The van der Waals surface area contributed by atoms with Gasteiger partial charge >= 0.3 is 0 Å². The molecule has 1 amide bonds. The fraction of sp³-hybridized carbons (Fsp3) is 0.296. The first-order chi connectivity index (χ1) is 16.5. The van der Waals surface area contributed by atoms with Crippen LogP contribution < -0.4 is 4.74 Å². The van der Waals surface area contributed by atoms with Crippen molar-refractivity contribution in [2.24, 2.45) is 0 Å². The zero-order chi connectivity index (χ0) is 24.2. The molecular formula is C27H28N2O4S. The summed E-state index contributed by atoms with van der Waals surface area (Å²) in [5, 5.41) is 11.6. The molecule has 1 atom stereocenters. The first-order valence-electron chi connectivity index (χ1n) is 11.4. The SMILES string of the molecule is CCCCCN1C(=O)C(O)=C(C(=O)c2sc(-c3ccccc3)nc2C)C1c1ccc(OC)cc1. The number of hydrogen-bond acceptors (Lipinski definition) is 6. The van der Waals surface area contributed by atoms with Crippen LogP contribution in [-0.4, -0.2) is 40.3 Å². The molecule has 6 nitrogen and oxygen atoms in total. The summed E-state index contributed by atoms with van der Waals surface area (Å²) in [5.74, 6) is -0.665. The number of ketones is 1. The smallest absolute Gasteiger partial charge is 0.290 e. The van der Waals surface area contributed by atoms with Crippen LogP contribution in [0.1, 0.15) is 53.2 Å². The highest BCUT2D eigenvalue weighted by molar-refractivity contribution is 7.17. The molecule has 1 aromatic heterocycles. The maximum absolute atomic E-state index is 13.8. The summed E-state index contributed by atoms with van der Waals surface area (Å²) in [5.41, 5.74) is 2.37. The summed E-state index contributed by atoms with van der Waals surface area (Å²) in [6.07, 6.45) is 2.75. The van der Waals surface area contributed by atoms with Crippen LogP contribution in [-0.2, 0) is 4.79 Å². The molecule has 0 bridgehead atoms. The molecule has 176 valence electrons. The maximum Gasteiger partial charge on any atom is 0.290 e. The molecule has 1 aliphatic heterocycles. The summed E-state index contributed by atoms with van der Waals surface area (Å²) in [6.45, 7) is 4.33. The molecule has 0 saturated carbocycles. The minimum absolute atomic E-state index is 0.109. The summed E-state index contributed by atoms with van der Waals surface area (Å²) >= 11 is 1.28. The van der Waals surface area contributed by atoms with E-state index >= 15 is 0 Å². The fourth-order valence-corrected chi connectivity index (χ4v) is 5.24. The van der Waals surface area contributed by atoms with Gasteiger partial charge in [0.2, 0.25) is 5.78 Å². The molecule has 7 heteroatoms. The fourth-order valence-electron chi connectivity index (χ4n) is 4.21. The van der Waals surface area contributed by atoms with E-state index in [9.17, 15) is 14.7 Å². The monoisotopic (exact) mass is 476 g/mol. The lowest BCUT2D eigenvalue weighted by Crippen LogP contribution is -2.32. The molecule has 0 radical (unpaired) electrons. The number of nitrogens with zero attached hydrogens (tertiary/aromatic N) is 2. The van der Waals surface area contributed by atoms with Gasteiger partial charge in [0.15, 0.2) is 5.76 Å². The van der Waals surface area contributed by atoms with Gasteiger partial charge < -0.3 is 14.7 Å². The van der Waals surface area contributed by atoms with Gasteiger partial charge in [-0.05, 0) is 31.0 Å². The van der Waals surface area contributed by atoms with Crippen molar-refractivity contribution in [3.05, 3.63) is 82.1 Å². The van der Waals surface area contributed by atoms with Crippen molar-refractivity contribution in [3.8, 4) is 16.3 Å². The lowest BCUT2D eigenvalue weighted by molar-refractivity contribution is -0.129. The van der Waals surface area contributed by atoms with Crippen molar-refractivity contribution in [1.82, 2.24) is 9.88 Å². The normalized spacial score (nSPS) is 15.8. The van der Waals surface area contributed by atoms with E-state index in [-0.39, 0.29) is 11.4 Å². The van der Waals surface area contributed by atoms with E-state index in [0.29, 0.717) is 22.9 Å². The predicted molar refractivity (Wildman–Crippen MR) is 133 cm³/mol. The highest BCUT2D eigenvalue weighted by atomic mass is 32.1. The first-order valence-corrected chi connectivity index (χ1v) is 12.2. The number of aromatic nitrogens is 1. The number of rotatable bonds is 9. The average molecular weight is 477 g/mol. The quantitative estimate of drug-likeness (QED) is 0.307. The highest BCUT2D eigenvalue weighted by Gasteiger charge is 2.44. The summed E-state index contributed by atoms with van der Waals surface area (Å²) in [6, 6.07) is 16.3. The molecule has 0 spiro atoms. The van der Waals surface area contributed by atoms with Crippen LogP contribution in [0.4, 0.5) is 0 Å². The van der Waals surface area contributed by atoms with E-state index in [4.69, 9.17) is 4.74 Å². The molecular weight excluding hydrogens is 448 g/mol. The first kappa shape index (κ1) is 23.7. The van der Waals surface area contributed by atoms with Crippen molar-refractivity contribution in [2.45, 2.75) is 39.2 Å². The zero-order valence-electron chi connectivity index (χ0n) is 19.6. The van der Waals surface area contributed by atoms with Crippen molar-refractivity contribution < 1.29 is 19.4 Å². The number of unbranched alkanes of at least 4 members (excludes halogenated alkanes) is 2. The number of methoxy groups -OCH3 is 1. The molecule has 3 aromatic rings. The number of benzene rings is 2. The summed E-state index contributed by atoms with van der Waals surface area (Å²) in [4.78, 5) is 33.5. The van der Waals surface area contributed by atoms with E-state index in [2.05, 4.69) is 11.9 Å². The van der Waals surface area contributed by atoms with Crippen LogP contribution in [0.2, 0.25) is 0 Å². The number of aliphatic hydroxyl groups is 1. The molecule has 2 heterocycles. The number of carbonyl (C=O) groups excluding carboxylic acids is 2. The van der Waals surface area contributed by atoms with Crippen molar-refractivity contribution >= 4 is 23.0 Å². The molecule has 1 aliphatic rings. The Balaban J connectivity index is 1.75. The van der Waals surface area contributed by atoms with Gasteiger partial charge in [-0.3, -0.25) is 9.59 Å². The van der Waals surface area contributed by atoms with Gasteiger partial charge in [0.05, 0.1) is 29.3 Å². The number of hydrogen-bond donors (Lipinski definition) is 1. The van der Waals surface area contributed by atoms with Crippen molar-refractivity contribution in [3.63, 3.8) is 0 Å². The van der Waals surface area contributed by atoms with Gasteiger partial charge in [0.1, 0.15) is 10.8 Å². The minimum atomic E-state index is -0.663. The van der Waals surface area contributed by atoms with Gasteiger partial charge in [-0.25, -0.2) is 4.98 Å². The molecule has 1 N–H and O–H groups in total. The molecule has 2 aromatic carbocycles. The van der Waals surface area contributed by atoms with Crippen LogP contribution >= 0.6 is 11.3 Å². The van der Waals surface area contributed by atoms with E-state index < -0.39 is 17.7 Å². The van der Waals surface area contributed by atoms with Gasteiger partial charge in [-0.15, -0.1) is 11.3 Å². The summed E-state index contributed by atoms with van der Waals surface area (Å²) in [7, 11) is 1.59. The highest BCUT2D eigenvalue weighted by Crippen LogP contribution is 2.41. The standard InChI is InChI=1S/C27H28N2O4S/c1-4-5-9-16-29-22(18-12-14-20(33-3)15-13-18)21(24(31)27(29)32)23(30)25-17(2)28-26(34-25)19-10-7-6-8-11-19/h6-8,10-15,22,31H,4-5,9,16H2,1-3H3. The average Bonchev–Trinajstić information content (AvgIpc) is 3.37. The number of thiazole rings is 1. The van der Waals surface area contributed by atoms with Crippen LogP contribution in [0, 0.1) is 6.92 Å². The van der Waals surface area contributed by atoms with Crippen molar-refractivity contribution in [1.29, 1.82) is 0 Å². The molecule has 0 saturated heterocycles. The molecule has 0 fully saturated rings. The number of ether oxygens (including phenoxy) is 1.